The summed E-state index contributed by atoms with van der Waals surface area (Å²) in [5.74, 6) is 0. The minimum absolute atomic E-state index is 0.000132. The summed E-state index contributed by atoms with van der Waals surface area (Å²) in [5, 5.41) is 2.45. The number of benzene rings is 7. The Hall–Kier alpha value is -5.86. The summed E-state index contributed by atoms with van der Waals surface area (Å²) in [5.41, 5.74) is 20.8. The van der Waals surface area contributed by atoms with Gasteiger partial charge in [0.15, 0.2) is 0 Å². The van der Waals surface area contributed by atoms with Crippen LogP contribution in [0, 0.1) is 0 Å². The highest BCUT2D eigenvalue weighted by molar-refractivity contribution is 6.16. The van der Waals surface area contributed by atoms with E-state index in [0.717, 1.165) is 28.2 Å². The van der Waals surface area contributed by atoms with Gasteiger partial charge in [0.1, 0.15) is 11.2 Å². The van der Waals surface area contributed by atoms with Crippen LogP contribution in [0.3, 0.4) is 0 Å². The van der Waals surface area contributed by atoms with Crippen molar-refractivity contribution >= 4 is 39.0 Å². The quantitative estimate of drug-likeness (QED) is 0.178. The summed E-state index contributed by atoms with van der Waals surface area (Å²) >= 11 is 0. The zero-order valence-electron chi connectivity index (χ0n) is 35.6. The van der Waals surface area contributed by atoms with Crippen LogP contribution in [0.5, 0.6) is 0 Å². The van der Waals surface area contributed by atoms with Gasteiger partial charge in [0.2, 0.25) is 0 Å². The van der Waals surface area contributed by atoms with E-state index in [-0.39, 0.29) is 21.7 Å². The molecule has 1 heterocycles. The largest absolute Gasteiger partial charge is 0.456 e. The van der Waals surface area contributed by atoms with E-state index in [0.29, 0.717) is 0 Å². The van der Waals surface area contributed by atoms with Crippen LogP contribution in [0.2, 0.25) is 0 Å². The Morgan fingerprint density at radius 2 is 1.03 bits per heavy atom. The lowest BCUT2D eigenvalue weighted by molar-refractivity contribution is 0.559. The molecule has 2 aliphatic carbocycles. The fourth-order valence-electron chi connectivity index (χ4n) is 10.0. The summed E-state index contributed by atoms with van der Waals surface area (Å²) in [4.78, 5) is 2.46. The third-order valence-corrected chi connectivity index (χ3v) is 13.3. The smallest absolute Gasteiger partial charge is 0.139 e. The molecular formula is C56H53NO. The van der Waals surface area contributed by atoms with Crippen LogP contribution in [0.25, 0.3) is 55.3 Å². The first kappa shape index (κ1) is 36.5. The molecular weight excluding hydrogens is 703 g/mol. The van der Waals surface area contributed by atoms with Crippen molar-refractivity contribution in [2.75, 3.05) is 4.90 Å². The number of hydrogen-bond acceptors (Lipinski definition) is 2. The molecule has 58 heavy (non-hydrogen) atoms. The molecule has 2 nitrogen and oxygen atoms in total. The second-order valence-electron chi connectivity index (χ2n) is 19.9. The zero-order chi connectivity index (χ0) is 40.5. The Kier molecular flexibility index (Phi) is 7.75. The lowest BCUT2D eigenvalue weighted by Crippen LogP contribution is -2.18. The summed E-state index contributed by atoms with van der Waals surface area (Å²) in [6, 6.07) is 52.3. The maximum atomic E-state index is 6.87. The van der Waals surface area contributed by atoms with Gasteiger partial charge in [-0.15, -0.1) is 0 Å². The lowest BCUT2D eigenvalue weighted by atomic mass is 9.79. The number of rotatable bonds is 4. The molecule has 0 bridgehead atoms. The first-order valence-corrected chi connectivity index (χ1v) is 20.9. The molecule has 0 spiro atoms. The van der Waals surface area contributed by atoms with E-state index >= 15 is 0 Å². The molecule has 0 radical (unpaired) electrons. The molecule has 0 fully saturated rings. The molecule has 2 aliphatic rings. The molecule has 1 aromatic heterocycles. The molecule has 8 aromatic rings. The van der Waals surface area contributed by atoms with E-state index in [2.05, 4.69) is 214 Å². The summed E-state index contributed by atoms with van der Waals surface area (Å²) in [6.45, 7) is 23.4. The Balaban J connectivity index is 1.17. The second-order valence-corrected chi connectivity index (χ2v) is 19.9. The highest BCUT2D eigenvalue weighted by Crippen LogP contribution is 2.56. The standard InChI is InChI=1S/C56H53NO/c1-53(2,3)36-30-43-51-49(58-52(43)48(31-36)54(4,5)6)29-28-45-50(51)42-27-25-39(33-47(42)56(45,9)10)57(37-22-20-35(21-23-37)34-16-12-11-13-17-34)38-24-26-41-40-18-14-15-19-44(40)55(7,8)46(41)32-38/h11-33H,1-10H3. The Morgan fingerprint density at radius 3 is 1.71 bits per heavy atom. The van der Waals surface area contributed by atoms with E-state index in [1.165, 1.54) is 77.5 Å². The van der Waals surface area contributed by atoms with Crippen LogP contribution < -0.4 is 4.90 Å². The van der Waals surface area contributed by atoms with Crippen molar-refractivity contribution < 1.29 is 4.42 Å². The predicted octanol–water partition coefficient (Wildman–Crippen LogP) is 15.9. The fourth-order valence-corrected chi connectivity index (χ4v) is 10.0. The van der Waals surface area contributed by atoms with Crippen LogP contribution in [-0.2, 0) is 21.7 Å². The highest BCUT2D eigenvalue weighted by atomic mass is 16.3. The van der Waals surface area contributed by atoms with Crippen LogP contribution in [-0.4, -0.2) is 0 Å². The number of furan rings is 1. The van der Waals surface area contributed by atoms with Gasteiger partial charge >= 0.3 is 0 Å². The van der Waals surface area contributed by atoms with E-state index in [4.69, 9.17) is 4.42 Å². The third kappa shape index (κ3) is 5.37. The summed E-state index contributed by atoms with van der Waals surface area (Å²) < 4.78 is 6.87. The lowest BCUT2D eigenvalue weighted by Gasteiger charge is -2.30. The van der Waals surface area contributed by atoms with Crippen LogP contribution >= 0.6 is 0 Å². The monoisotopic (exact) mass is 755 g/mol. The van der Waals surface area contributed by atoms with E-state index in [9.17, 15) is 0 Å². The van der Waals surface area contributed by atoms with Crippen molar-refractivity contribution in [1.82, 2.24) is 0 Å². The number of anilines is 3. The molecule has 288 valence electrons. The average Bonchev–Trinajstić information content (AvgIpc) is 3.77. The first-order valence-electron chi connectivity index (χ1n) is 20.9. The average molecular weight is 756 g/mol. The van der Waals surface area contributed by atoms with Gasteiger partial charge in [0.25, 0.3) is 0 Å². The Morgan fingerprint density at radius 1 is 0.466 bits per heavy atom. The molecule has 0 unspecified atom stereocenters. The van der Waals surface area contributed by atoms with Crippen molar-refractivity contribution in [3.05, 3.63) is 173 Å². The third-order valence-electron chi connectivity index (χ3n) is 13.3. The maximum Gasteiger partial charge on any atom is 0.139 e. The van der Waals surface area contributed by atoms with Gasteiger partial charge in [-0.1, -0.05) is 160 Å². The van der Waals surface area contributed by atoms with Gasteiger partial charge in [0.05, 0.1) is 0 Å². The van der Waals surface area contributed by atoms with Crippen molar-refractivity contribution in [2.24, 2.45) is 0 Å². The molecule has 0 saturated carbocycles. The molecule has 0 saturated heterocycles. The molecule has 0 amide bonds. The minimum atomic E-state index is -0.225. The maximum absolute atomic E-state index is 6.87. The predicted molar refractivity (Wildman–Crippen MR) is 246 cm³/mol. The van der Waals surface area contributed by atoms with Crippen LogP contribution in [0.15, 0.2) is 144 Å². The van der Waals surface area contributed by atoms with Gasteiger partial charge in [-0.25, -0.2) is 0 Å². The minimum Gasteiger partial charge on any atom is -0.456 e. The van der Waals surface area contributed by atoms with E-state index < -0.39 is 0 Å². The fraction of sp³-hybridized carbons (Fsp3) is 0.250. The molecule has 0 aliphatic heterocycles. The van der Waals surface area contributed by atoms with Crippen molar-refractivity contribution in [3.63, 3.8) is 0 Å². The van der Waals surface area contributed by atoms with Crippen molar-refractivity contribution in [3.8, 4) is 33.4 Å². The molecule has 10 rings (SSSR count). The second kappa shape index (κ2) is 12.3. The topological polar surface area (TPSA) is 16.4 Å². The van der Waals surface area contributed by atoms with Crippen molar-refractivity contribution in [1.29, 1.82) is 0 Å². The Bertz CT molecular complexity index is 2940. The molecule has 2 heteroatoms. The SMILES string of the molecule is CC(C)(C)c1cc(C(C)(C)C)c2oc3ccc4c(c3c2c1)-c1ccc(N(c2ccc(-c3ccccc3)cc2)c2ccc3c(c2)C(C)(C)c2ccccc2-3)cc1C4(C)C. The van der Waals surface area contributed by atoms with Crippen LogP contribution in [0.4, 0.5) is 17.1 Å². The summed E-state index contributed by atoms with van der Waals surface area (Å²) in [6.07, 6.45) is 0. The first-order chi connectivity index (χ1) is 27.5. The number of nitrogens with zero attached hydrogens (tertiary/aromatic N) is 1. The number of hydrogen-bond donors (Lipinski definition) is 0. The van der Waals surface area contributed by atoms with Gasteiger partial charge in [-0.2, -0.15) is 0 Å². The zero-order valence-corrected chi connectivity index (χ0v) is 35.6. The van der Waals surface area contributed by atoms with Crippen molar-refractivity contribution in [2.45, 2.75) is 90.9 Å². The van der Waals surface area contributed by atoms with Gasteiger partial charge < -0.3 is 9.32 Å². The molecule has 0 N–H and O–H groups in total. The van der Waals surface area contributed by atoms with Gasteiger partial charge in [-0.05, 0) is 121 Å². The number of fused-ring (bicyclic) bond motifs is 10. The van der Waals surface area contributed by atoms with Gasteiger partial charge in [-0.3, -0.25) is 0 Å². The van der Waals surface area contributed by atoms with E-state index in [1.54, 1.807) is 0 Å². The van der Waals surface area contributed by atoms with Gasteiger partial charge in [0, 0.05) is 44.2 Å². The Labute approximate surface area is 344 Å². The van der Waals surface area contributed by atoms with Crippen LogP contribution in [0.1, 0.15) is 103 Å². The normalized spacial score (nSPS) is 15.0. The highest BCUT2D eigenvalue weighted by Gasteiger charge is 2.40. The molecule has 7 aromatic carbocycles. The molecule has 0 atom stereocenters. The van der Waals surface area contributed by atoms with E-state index in [1.807, 2.05) is 0 Å². The summed E-state index contributed by atoms with van der Waals surface area (Å²) in [7, 11) is 0.